The van der Waals surface area contributed by atoms with Crippen LogP contribution in [0.25, 0.3) is 11.6 Å². The molecule has 0 amide bonds. The predicted octanol–water partition coefficient (Wildman–Crippen LogP) is 2.80. The Morgan fingerprint density at radius 1 is 1.38 bits per heavy atom. The largest absolute Gasteiger partial charge is 0.257 e. The van der Waals surface area contributed by atoms with Crippen LogP contribution in [-0.2, 0) is 0 Å². The maximum Gasteiger partial charge on any atom is 0.199 e. The van der Waals surface area contributed by atoms with E-state index in [0.717, 1.165) is 10.2 Å². The summed E-state index contributed by atoms with van der Waals surface area (Å²) in [4.78, 5) is 12.5. The van der Waals surface area contributed by atoms with Crippen LogP contribution in [0.4, 0.5) is 0 Å². The van der Waals surface area contributed by atoms with Crippen molar-refractivity contribution >= 4 is 27.5 Å². The molecule has 0 saturated heterocycles. The van der Waals surface area contributed by atoms with Gasteiger partial charge in [0.1, 0.15) is 11.5 Å². The molecule has 0 bridgehead atoms. The van der Waals surface area contributed by atoms with Crippen molar-refractivity contribution in [2.75, 3.05) is 0 Å². The molecule has 2 rings (SSSR count). The van der Waals surface area contributed by atoms with E-state index in [-0.39, 0.29) is 5.92 Å². The van der Waals surface area contributed by atoms with Gasteiger partial charge in [0, 0.05) is 0 Å². The first kappa shape index (κ1) is 11.5. The molecule has 0 atom stereocenters. The molecule has 0 fully saturated rings. The Morgan fingerprint density at radius 2 is 2.12 bits per heavy atom. The highest BCUT2D eigenvalue weighted by atomic mass is 79.9. The van der Waals surface area contributed by atoms with Gasteiger partial charge in [0.15, 0.2) is 11.6 Å². The van der Waals surface area contributed by atoms with Gasteiger partial charge in [0.2, 0.25) is 0 Å². The Morgan fingerprint density at radius 3 is 2.69 bits per heavy atom. The van der Waals surface area contributed by atoms with E-state index in [4.69, 9.17) is 11.6 Å². The van der Waals surface area contributed by atoms with Gasteiger partial charge in [0.05, 0.1) is 10.2 Å². The van der Waals surface area contributed by atoms with Gasteiger partial charge in [-0.15, -0.1) is 0 Å². The summed E-state index contributed by atoms with van der Waals surface area (Å²) in [6.07, 6.45) is 1.41. The molecular formula is C9H9BrClN5. The van der Waals surface area contributed by atoms with E-state index >= 15 is 0 Å². The molecule has 0 spiro atoms. The maximum atomic E-state index is 6.02. The first-order valence-corrected chi connectivity index (χ1v) is 5.85. The van der Waals surface area contributed by atoms with E-state index in [9.17, 15) is 0 Å². The molecule has 0 aliphatic carbocycles. The second-order valence-corrected chi connectivity index (χ2v) is 4.68. The minimum absolute atomic E-state index is 0.247. The van der Waals surface area contributed by atoms with Gasteiger partial charge in [-0.3, -0.25) is 5.10 Å². The fourth-order valence-corrected chi connectivity index (χ4v) is 2.05. The van der Waals surface area contributed by atoms with E-state index < -0.39 is 0 Å². The highest BCUT2D eigenvalue weighted by Crippen LogP contribution is 2.30. The Balaban J connectivity index is 2.57. The number of nitrogens with zero attached hydrogens (tertiary/aromatic N) is 4. The minimum Gasteiger partial charge on any atom is -0.257 e. The molecule has 0 aliphatic rings. The average Bonchev–Trinajstić information content (AvgIpc) is 2.74. The van der Waals surface area contributed by atoms with E-state index in [0.29, 0.717) is 16.8 Å². The Hall–Kier alpha value is -1.01. The third kappa shape index (κ3) is 2.08. The van der Waals surface area contributed by atoms with Gasteiger partial charge >= 0.3 is 0 Å². The molecule has 0 saturated carbocycles. The van der Waals surface area contributed by atoms with Crippen LogP contribution in [-0.4, -0.2) is 25.1 Å². The molecule has 0 radical (unpaired) electrons. The molecule has 1 N–H and O–H groups in total. The van der Waals surface area contributed by atoms with Gasteiger partial charge < -0.3 is 0 Å². The Bertz CT molecular complexity index is 497. The lowest BCUT2D eigenvalue weighted by Gasteiger charge is -2.09. The molecule has 0 aliphatic heterocycles. The number of aromatic nitrogens is 5. The molecule has 2 heterocycles. The molecule has 16 heavy (non-hydrogen) atoms. The minimum atomic E-state index is 0.247. The summed E-state index contributed by atoms with van der Waals surface area (Å²) in [6.45, 7) is 4.07. The van der Waals surface area contributed by atoms with Gasteiger partial charge in [-0.05, 0) is 21.8 Å². The van der Waals surface area contributed by atoms with E-state index in [2.05, 4.69) is 41.1 Å². The van der Waals surface area contributed by atoms with Crippen molar-refractivity contribution in [3.05, 3.63) is 21.6 Å². The number of aromatic amines is 1. The predicted molar refractivity (Wildman–Crippen MR) is 64.2 cm³/mol. The smallest absolute Gasteiger partial charge is 0.199 e. The van der Waals surface area contributed by atoms with Crippen LogP contribution >= 0.6 is 27.5 Å². The number of halogens is 2. The average molecular weight is 303 g/mol. The van der Waals surface area contributed by atoms with E-state index in [1.54, 1.807) is 0 Å². The number of rotatable bonds is 2. The first-order valence-electron chi connectivity index (χ1n) is 4.68. The van der Waals surface area contributed by atoms with Gasteiger partial charge in [-0.25, -0.2) is 15.0 Å². The molecule has 84 valence electrons. The van der Waals surface area contributed by atoms with Crippen molar-refractivity contribution in [3.63, 3.8) is 0 Å². The third-order valence-corrected chi connectivity index (χ3v) is 3.29. The third-order valence-electron chi connectivity index (χ3n) is 2.01. The Labute approximate surface area is 106 Å². The fourth-order valence-electron chi connectivity index (χ4n) is 1.24. The van der Waals surface area contributed by atoms with Gasteiger partial charge in [-0.1, -0.05) is 25.4 Å². The first-order chi connectivity index (χ1) is 7.59. The summed E-state index contributed by atoms with van der Waals surface area (Å²) in [5, 5.41) is 6.84. The summed E-state index contributed by atoms with van der Waals surface area (Å²) >= 11 is 9.39. The van der Waals surface area contributed by atoms with Crippen LogP contribution in [0.3, 0.4) is 0 Å². The van der Waals surface area contributed by atoms with Crippen LogP contribution in [0.2, 0.25) is 5.15 Å². The van der Waals surface area contributed by atoms with Crippen molar-refractivity contribution in [2.24, 2.45) is 0 Å². The number of nitrogens with one attached hydrogen (secondary N) is 1. The fraction of sp³-hybridized carbons (Fsp3) is 0.333. The lowest BCUT2D eigenvalue weighted by Crippen LogP contribution is -2.01. The summed E-state index contributed by atoms with van der Waals surface area (Å²) < 4.78 is 0.729. The van der Waals surface area contributed by atoms with Crippen molar-refractivity contribution in [1.29, 1.82) is 0 Å². The summed E-state index contributed by atoms with van der Waals surface area (Å²) in [7, 11) is 0. The topological polar surface area (TPSA) is 67.3 Å². The molecular weight excluding hydrogens is 293 g/mol. The van der Waals surface area contributed by atoms with Crippen LogP contribution in [0.15, 0.2) is 10.8 Å². The van der Waals surface area contributed by atoms with Crippen LogP contribution in [0.5, 0.6) is 0 Å². The SMILES string of the molecule is CC(C)c1nc(-c2ncn[nH]2)nc(Cl)c1Br. The highest BCUT2D eigenvalue weighted by molar-refractivity contribution is 9.10. The normalized spacial score (nSPS) is 11.1. The second-order valence-electron chi connectivity index (χ2n) is 3.53. The zero-order chi connectivity index (χ0) is 11.7. The molecule has 0 aromatic carbocycles. The van der Waals surface area contributed by atoms with Crippen molar-refractivity contribution in [1.82, 2.24) is 25.1 Å². The zero-order valence-electron chi connectivity index (χ0n) is 8.70. The van der Waals surface area contributed by atoms with Gasteiger partial charge in [-0.2, -0.15) is 5.10 Å². The number of hydrogen-bond donors (Lipinski definition) is 1. The summed E-state index contributed by atoms with van der Waals surface area (Å²) in [5.41, 5.74) is 0.853. The lowest BCUT2D eigenvalue weighted by molar-refractivity contribution is 0.807. The number of H-pyrrole nitrogens is 1. The zero-order valence-corrected chi connectivity index (χ0v) is 11.0. The van der Waals surface area contributed by atoms with Gasteiger partial charge in [0.25, 0.3) is 0 Å². The molecule has 5 nitrogen and oxygen atoms in total. The standard InChI is InChI=1S/C9H9BrClN5/c1-4(2)6-5(10)7(11)15-9(14-6)8-12-3-13-16-8/h3-4H,1-2H3,(H,12,13,16). The number of hydrogen-bond acceptors (Lipinski definition) is 4. The second kappa shape index (κ2) is 4.47. The van der Waals surface area contributed by atoms with Crippen molar-refractivity contribution < 1.29 is 0 Å². The summed E-state index contributed by atoms with van der Waals surface area (Å²) in [5.74, 6) is 1.21. The highest BCUT2D eigenvalue weighted by Gasteiger charge is 2.15. The molecule has 0 unspecified atom stereocenters. The van der Waals surface area contributed by atoms with E-state index in [1.807, 2.05) is 13.8 Å². The van der Waals surface area contributed by atoms with Crippen molar-refractivity contribution in [3.8, 4) is 11.6 Å². The summed E-state index contributed by atoms with van der Waals surface area (Å²) in [6, 6.07) is 0. The van der Waals surface area contributed by atoms with Crippen LogP contribution in [0.1, 0.15) is 25.5 Å². The quantitative estimate of drug-likeness (QED) is 0.866. The van der Waals surface area contributed by atoms with E-state index in [1.165, 1.54) is 6.33 Å². The molecule has 2 aromatic rings. The Kier molecular flexibility index (Phi) is 3.20. The van der Waals surface area contributed by atoms with Crippen LogP contribution < -0.4 is 0 Å². The van der Waals surface area contributed by atoms with Crippen molar-refractivity contribution in [2.45, 2.75) is 19.8 Å². The lowest BCUT2D eigenvalue weighted by atomic mass is 10.1. The van der Waals surface area contributed by atoms with Crippen LogP contribution in [0, 0.1) is 0 Å². The molecule has 2 aromatic heterocycles. The molecule has 7 heteroatoms. The monoisotopic (exact) mass is 301 g/mol. The maximum absolute atomic E-state index is 6.02.